The Kier molecular flexibility index (Phi) is 4.10. The first kappa shape index (κ1) is 18.4. The molecule has 0 aliphatic carbocycles. The summed E-state index contributed by atoms with van der Waals surface area (Å²) >= 11 is 0. The van der Waals surface area contributed by atoms with Crippen molar-refractivity contribution in [2.45, 2.75) is 20.4 Å². The number of benzene rings is 2. The first-order valence-electron chi connectivity index (χ1n) is 10.1. The Balaban J connectivity index is 2.06. The van der Waals surface area contributed by atoms with E-state index in [9.17, 15) is 9.59 Å². The summed E-state index contributed by atoms with van der Waals surface area (Å²) in [5.74, 6) is 0.246. The van der Waals surface area contributed by atoms with Crippen molar-refractivity contribution in [3.05, 3.63) is 75.4 Å². The van der Waals surface area contributed by atoms with Crippen molar-refractivity contribution in [3.8, 4) is 11.1 Å². The fraction of sp³-hybridized carbons (Fsp3) is 0.208. The van der Waals surface area contributed by atoms with Crippen LogP contribution in [0.1, 0.15) is 13.8 Å². The van der Waals surface area contributed by atoms with Crippen LogP contribution in [0.2, 0.25) is 0 Å². The van der Waals surface area contributed by atoms with Gasteiger partial charge in [0.1, 0.15) is 16.6 Å². The molecule has 0 fully saturated rings. The molecule has 0 bridgehead atoms. The van der Waals surface area contributed by atoms with Crippen molar-refractivity contribution in [1.82, 2.24) is 19.1 Å². The summed E-state index contributed by atoms with van der Waals surface area (Å²) in [5.41, 5.74) is 4.08. The molecule has 6 heteroatoms. The third-order valence-electron chi connectivity index (χ3n) is 5.53. The van der Waals surface area contributed by atoms with Crippen LogP contribution in [0.3, 0.4) is 0 Å². The fourth-order valence-corrected chi connectivity index (χ4v) is 4.18. The van der Waals surface area contributed by atoms with E-state index in [-0.39, 0.29) is 17.2 Å². The third-order valence-corrected chi connectivity index (χ3v) is 5.53. The zero-order valence-corrected chi connectivity index (χ0v) is 17.1. The number of hydrogen-bond acceptors (Lipinski definition) is 3. The highest BCUT2D eigenvalue weighted by atomic mass is 16.2. The first-order chi connectivity index (χ1) is 14.5. The van der Waals surface area contributed by atoms with Crippen LogP contribution in [0.25, 0.3) is 44.1 Å². The molecule has 0 atom stereocenters. The van der Waals surface area contributed by atoms with Crippen LogP contribution < -0.4 is 11.2 Å². The molecule has 3 heterocycles. The average Bonchev–Trinajstić information content (AvgIpc) is 3.12. The highest BCUT2D eigenvalue weighted by molar-refractivity contribution is 6.15. The molecule has 0 aliphatic rings. The van der Waals surface area contributed by atoms with Crippen LogP contribution in [0.5, 0.6) is 0 Å². The van der Waals surface area contributed by atoms with Gasteiger partial charge in [-0.3, -0.25) is 13.9 Å². The molecule has 0 amide bonds. The number of H-pyrrole nitrogens is 1. The quantitative estimate of drug-likeness (QED) is 0.498. The van der Waals surface area contributed by atoms with E-state index in [4.69, 9.17) is 4.98 Å². The lowest BCUT2D eigenvalue weighted by Crippen LogP contribution is -2.38. The Bertz CT molecular complexity index is 1540. The Morgan fingerprint density at radius 1 is 1.00 bits per heavy atom. The van der Waals surface area contributed by atoms with Gasteiger partial charge in [0.15, 0.2) is 0 Å². The van der Waals surface area contributed by atoms with Crippen LogP contribution >= 0.6 is 0 Å². The number of rotatable bonds is 3. The van der Waals surface area contributed by atoms with Gasteiger partial charge in [0.25, 0.3) is 5.56 Å². The van der Waals surface area contributed by atoms with Gasteiger partial charge >= 0.3 is 5.69 Å². The Hall–Kier alpha value is -3.67. The number of aromatic nitrogens is 4. The molecular formula is C24H22N4O2. The normalized spacial score (nSPS) is 11.9. The summed E-state index contributed by atoms with van der Waals surface area (Å²) in [6, 6.07) is 18.0. The maximum absolute atomic E-state index is 13.1. The van der Waals surface area contributed by atoms with Crippen molar-refractivity contribution in [2.75, 3.05) is 0 Å². The highest BCUT2D eigenvalue weighted by Gasteiger charge is 2.21. The molecule has 2 aromatic carbocycles. The van der Waals surface area contributed by atoms with E-state index < -0.39 is 0 Å². The molecule has 3 aromatic heterocycles. The summed E-state index contributed by atoms with van der Waals surface area (Å²) in [4.78, 5) is 34.3. The number of nitrogens with zero attached hydrogens (tertiary/aromatic N) is 3. The van der Waals surface area contributed by atoms with Crippen LogP contribution in [-0.4, -0.2) is 19.1 Å². The second-order valence-electron chi connectivity index (χ2n) is 8.09. The van der Waals surface area contributed by atoms with Crippen molar-refractivity contribution >= 4 is 33.0 Å². The van der Waals surface area contributed by atoms with E-state index in [0.717, 1.165) is 27.5 Å². The minimum Gasteiger partial charge on any atom is -0.338 e. The summed E-state index contributed by atoms with van der Waals surface area (Å²) in [6.45, 7) is 4.61. The van der Waals surface area contributed by atoms with Gasteiger partial charge in [-0.1, -0.05) is 62.4 Å². The lowest BCUT2D eigenvalue weighted by Gasteiger charge is -2.11. The molecule has 0 spiro atoms. The molecule has 6 nitrogen and oxygen atoms in total. The van der Waals surface area contributed by atoms with E-state index in [1.165, 1.54) is 11.6 Å². The SMILES string of the molecule is CC(C)Cn1c(=O)n(C)c(=O)c2c3nc4ccccc4c(-c4ccccc4)c3[nH]c21. The van der Waals surface area contributed by atoms with Crippen LogP contribution in [0.4, 0.5) is 0 Å². The molecule has 1 N–H and O–H groups in total. The van der Waals surface area contributed by atoms with E-state index in [1.807, 2.05) is 68.4 Å². The van der Waals surface area contributed by atoms with Gasteiger partial charge in [-0.2, -0.15) is 0 Å². The topological polar surface area (TPSA) is 72.7 Å². The molecule has 0 saturated heterocycles. The fourth-order valence-electron chi connectivity index (χ4n) is 4.18. The molecule has 150 valence electrons. The van der Waals surface area contributed by atoms with Gasteiger partial charge in [-0.05, 0) is 17.5 Å². The Morgan fingerprint density at radius 2 is 1.70 bits per heavy atom. The number of hydrogen-bond donors (Lipinski definition) is 1. The van der Waals surface area contributed by atoms with Crippen molar-refractivity contribution in [3.63, 3.8) is 0 Å². The minimum atomic E-state index is -0.331. The second kappa shape index (κ2) is 6.69. The highest BCUT2D eigenvalue weighted by Crippen LogP contribution is 2.36. The van der Waals surface area contributed by atoms with Crippen molar-refractivity contribution < 1.29 is 0 Å². The third kappa shape index (κ3) is 2.60. The standard InChI is InChI=1S/C24H22N4O2/c1-14(2)13-28-22-19(23(29)27(3)24(28)30)21-20(26-22)18(15-9-5-4-6-10-15)16-11-7-8-12-17(16)25-21/h4-12,14,26H,13H2,1-3H3. The number of fused-ring (bicyclic) bond motifs is 4. The largest absolute Gasteiger partial charge is 0.338 e. The predicted octanol–water partition coefficient (Wildman–Crippen LogP) is 4.05. The van der Waals surface area contributed by atoms with Crippen molar-refractivity contribution in [2.24, 2.45) is 13.0 Å². The van der Waals surface area contributed by atoms with Gasteiger partial charge < -0.3 is 4.98 Å². The molecule has 0 aliphatic heterocycles. The van der Waals surface area contributed by atoms with Gasteiger partial charge in [0, 0.05) is 24.5 Å². The summed E-state index contributed by atoms with van der Waals surface area (Å²) in [7, 11) is 1.53. The molecule has 5 aromatic rings. The van der Waals surface area contributed by atoms with Gasteiger partial charge in [-0.15, -0.1) is 0 Å². The van der Waals surface area contributed by atoms with Crippen LogP contribution in [0.15, 0.2) is 64.2 Å². The second-order valence-corrected chi connectivity index (χ2v) is 8.09. The molecule has 0 radical (unpaired) electrons. The predicted molar refractivity (Wildman–Crippen MR) is 121 cm³/mol. The Labute approximate surface area is 172 Å². The zero-order valence-electron chi connectivity index (χ0n) is 17.1. The van der Waals surface area contributed by atoms with Crippen LogP contribution in [-0.2, 0) is 13.6 Å². The van der Waals surface area contributed by atoms with Gasteiger partial charge in [0.2, 0.25) is 0 Å². The number of aromatic amines is 1. The first-order valence-corrected chi connectivity index (χ1v) is 10.1. The smallest absolute Gasteiger partial charge is 0.332 e. The zero-order chi connectivity index (χ0) is 21.0. The van der Waals surface area contributed by atoms with E-state index in [2.05, 4.69) is 4.98 Å². The average molecular weight is 398 g/mol. The monoisotopic (exact) mass is 398 g/mol. The Morgan fingerprint density at radius 3 is 2.43 bits per heavy atom. The van der Waals surface area contributed by atoms with E-state index >= 15 is 0 Å². The van der Waals surface area contributed by atoms with Gasteiger partial charge in [0.05, 0.1) is 11.0 Å². The lowest BCUT2D eigenvalue weighted by atomic mass is 9.99. The van der Waals surface area contributed by atoms with Gasteiger partial charge in [-0.25, -0.2) is 9.78 Å². The molecule has 0 unspecified atom stereocenters. The van der Waals surface area contributed by atoms with Crippen molar-refractivity contribution in [1.29, 1.82) is 0 Å². The maximum atomic E-state index is 13.1. The maximum Gasteiger partial charge on any atom is 0.332 e. The van der Waals surface area contributed by atoms with E-state index in [0.29, 0.717) is 23.1 Å². The minimum absolute atomic E-state index is 0.246. The summed E-state index contributed by atoms with van der Waals surface area (Å²) in [6.07, 6.45) is 0. The molecule has 30 heavy (non-hydrogen) atoms. The van der Waals surface area contributed by atoms with Crippen LogP contribution in [0, 0.1) is 5.92 Å². The number of pyridine rings is 1. The lowest BCUT2D eigenvalue weighted by molar-refractivity contribution is 0.500. The summed E-state index contributed by atoms with van der Waals surface area (Å²) in [5, 5.41) is 1.45. The summed E-state index contributed by atoms with van der Waals surface area (Å²) < 4.78 is 2.83. The molecule has 0 saturated carbocycles. The number of para-hydroxylation sites is 1. The van der Waals surface area contributed by atoms with E-state index in [1.54, 1.807) is 4.57 Å². The molecule has 5 rings (SSSR count). The molecular weight excluding hydrogens is 376 g/mol. The number of nitrogens with one attached hydrogen (secondary N) is 1.